The molecule has 2 atom stereocenters. The average molecular weight is 368 g/mol. The van der Waals surface area contributed by atoms with Crippen LogP contribution in [0.15, 0.2) is 22.7 Å². The minimum absolute atomic E-state index is 0.0621. The summed E-state index contributed by atoms with van der Waals surface area (Å²) in [6.07, 6.45) is -0.930. The molecule has 5 N–H and O–H groups in total. The van der Waals surface area contributed by atoms with Gasteiger partial charge in [0.25, 0.3) is 0 Å². The monoisotopic (exact) mass is 367 g/mol. The lowest BCUT2D eigenvalue weighted by atomic mass is 10.0. The number of carbonyl (C=O) groups is 1. The molecular formula is C14H16BrN4O3+. The number of nitrogens with one attached hydrogen (secondary N) is 1. The van der Waals surface area contributed by atoms with Gasteiger partial charge < -0.3 is 15.2 Å². The van der Waals surface area contributed by atoms with E-state index in [-0.39, 0.29) is 5.69 Å². The van der Waals surface area contributed by atoms with Gasteiger partial charge in [0.2, 0.25) is 6.23 Å². The number of fused-ring (bicyclic) bond motifs is 1. The van der Waals surface area contributed by atoms with Crippen molar-refractivity contribution in [2.24, 2.45) is 5.73 Å². The molecule has 1 aliphatic heterocycles. The number of halogens is 1. The van der Waals surface area contributed by atoms with Crippen LogP contribution in [0.2, 0.25) is 0 Å². The van der Waals surface area contributed by atoms with Crippen molar-refractivity contribution in [1.82, 2.24) is 9.88 Å². The van der Waals surface area contributed by atoms with Crippen LogP contribution in [0.4, 0.5) is 0 Å². The summed E-state index contributed by atoms with van der Waals surface area (Å²) in [5, 5.41) is 20.7. The predicted octanol–water partition coefficient (Wildman–Crippen LogP) is 0.891. The van der Waals surface area contributed by atoms with E-state index >= 15 is 0 Å². The van der Waals surface area contributed by atoms with Gasteiger partial charge in [0.1, 0.15) is 5.69 Å². The average Bonchev–Trinajstić information content (AvgIpc) is 2.92. The van der Waals surface area contributed by atoms with Gasteiger partial charge in [-0.3, -0.25) is 10.3 Å². The van der Waals surface area contributed by atoms with E-state index in [2.05, 4.69) is 20.9 Å². The van der Waals surface area contributed by atoms with Crippen molar-refractivity contribution in [2.75, 3.05) is 14.1 Å². The van der Waals surface area contributed by atoms with Crippen molar-refractivity contribution in [3.05, 3.63) is 33.9 Å². The molecule has 2 unspecified atom stereocenters. The number of rotatable bonds is 2. The fraction of sp³-hybridized carbons (Fsp3) is 0.286. The van der Waals surface area contributed by atoms with Crippen LogP contribution >= 0.6 is 15.9 Å². The lowest BCUT2D eigenvalue weighted by Gasteiger charge is -2.17. The van der Waals surface area contributed by atoms with Crippen LogP contribution in [0, 0.1) is 0 Å². The van der Waals surface area contributed by atoms with E-state index in [1.807, 2.05) is 12.1 Å². The van der Waals surface area contributed by atoms with Crippen LogP contribution in [0.3, 0.4) is 0 Å². The van der Waals surface area contributed by atoms with Crippen LogP contribution in [0.5, 0.6) is 0 Å². The smallest absolute Gasteiger partial charge is 0.352 e. The topological polar surface area (TPSA) is 106 Å². The second-order valence-corrected chi connectivity index (χ2v) is 6.26. The second kappa shape index (κ2) is 4.99. The zero-order chi connectivity index (χ0) is 16.2. The van der Waals surface area contributed by atoms with Crippen LogP contribution in [0.25, 0.3) is 10.9 Å². The lowest BCUT2D eigenvalue weighted by Crippen LogP contribution is -2.38. The highest BCUT2D eigenvalue weighted by molar-refractivity contribution is 9.10. The van der Waals surface area contributed by atoms with E-state index < -0.39 is 18.2 Å². The number of carboxylic acid groups (broad SMARTS) is 1. The molecule has 8 heteroatoms. The Balaban J connectivity index is 2.32. The van der Waals surface area contributed by atoms with Crippen LogP contribution in [-0.4, -0.2) is 56.9 Å². The maximum atomic E-state index is 11.6. The zero-order valence-electron chi connectivity index (χ0n) is 12.0. The maximum Gasteiger partial charge on any atom is 0.352 e. The van der Waals surface area contributed by atoms with Gasteiger partial charge in [0.15, 0.2) is 6.04 Å². The van der Waals surface area contributed by atoms with Gasteiger partial charge in [-0.15, -0.1) is 0 Å². The number of H-pyrrole nitrogens is 1. The molecule has 3 rings (SSSR count). The van der Waals surface area contributed by atoms with E-state index in [1.165, 1.54) is 4.90 Å². The number of nitrogens with zero attached hydrogens (tertiary/aromatic N) is 2. The van der Waals surface area contributed by atoms with Gasteiger partial charge in [0.05, 0.1) is 14.1 Å². The Morgan fingerprint density at radius 2 is 2.18 bits per heavy atom. The van der Waals surface area contributed by atoms with Crippen molar-refractivity contribution in [3.8, 4) is 0 Å². The Hall–Kier alpha value is -2.06. The lowest BCUT2D eigenvalue weighted by molar-refractivity contribution is -0.544. The number of hydrogen-bond donors (Lipinski definition) is 4. The third-order valence-electron chi connectivity index (χ3n) is 4.13. The fourth-order valence-corrected chi connectivity index (χ4v) is 3.30. The van der Waals surface area contributed by atoms with Crippen LogP contribution in [-0.2, 0) is 0 Å². The summed E-state index contributed by atoms with van der Waals surface area (Å²) in [6, 6.07) is 4.89. The molecule has 0 fully saturated rings. The first-order valence-corrected chi connectivity index (χ1v) is 7.42. The molecule has 0 bridgehead atoms. The van der Waals surface area contributed by atoms with Crippen LogP contribution in [0.1, 0.15) is 22.1 Å². The minimum Gasteiger partial charge on any atom is -0.477 e. The highest BCUT2D eigenvalue weighted by atomic mass is 79.9. The Bertz CT molecular complexity index is 814. The predicted molar refractivity (Wildman–Crippen MR) is 84.8 cm³/mol. The van der Waals surface area contributed by atoms with Gasteiger partial charge in [-0.1, -0.05) is 15.9 Å². The number of aliphatic hydroxyl groups excluding tert-OH is 1. The number of aromatic nitrogens is 1. The molecule has 0 radical (unpaired) electrons. The van der Waals surface area contributed by atoms with Crippen molar-refractivity contribution >= 4 is 38.8 Å². The third-order valence-corrected chi connectivity index (χ3v) is 4.62. The Kier molecular flexibility index (Phi) is 3.37. The molecule has 2 aromatic rings. The molecule has 0 amide bonds. The first-order chi connectivity index (χ1) is 10.3. The summed E-state index contributed by atoms with van der Waals surface area (Å²) in [7, 11) is 3.40. The number of aliphatic hydroxyl groups is 1. The number of guanidine groups is 1. The molecule has 2 heterocycles. The molecule has 0 saturated heterocycles. The highest BCUT2D eigenvalue weighted by Crippen LogP contribution is 2.36. The largest absolute Gasteiger partial charge is 0.477 e. The van der Waals surface area contributed by atoms with E-state index in [0.29, 0.717) is 17.0 Å². The van der Waals surface area contributed by atoms with Crippen molar-refractivity contribution < 1.29 is 19.6 Å². The first kappa shape index (κ1) is 14.9. The molecule has 1 aromatic heterocycles. The molecule has 1 aliphatic rings. The van der Waals surface area contributed by atoms with Crippen molar-refractivity contribution in [2.45, 2.75) is 12.3 Å². The second-order valence-electron chi connectivity index (χ2n) is 5.35. The van der Waals surface area contributed by atoms with Crippen molar-refractivity contribution in [3.63, 3.8) is 0 Å². The number of benzene rings is 1. The summed E-state index contributed by atoms with van der Waals surface area (Å²) in [5.74, 6) is -0.686. The molecule has 116 valence electrons. The zero-order valence-corrected chi connectivity index (χ0v) is 13.6. The van der Waals surface area contributed by atoms with Crippen LogP contribution < -0.4 is 5.73 Å². The number of nitrogens with two attached hydrogens (primary N) is 1. The van der Waals surface area contributed by atoms with E-state index in [9.17, 15) is 15.0 Å². The fourth-order valence-electron chi connectivity index (χ4n) is 2.94. The molecule has 0 spiro atoms. The third kappa shape index (κ3) is 1.98. The number of hydrogen-bond acceptors (Lipinski definition) is 4. The summed E-state index contributed by atoms with van der Waals surface area (Å²) < 4.78 is 2.51. The van der Waals surface area contributed by atoms with E-state index in [1.54, 1.807) is 24.7 Å². The number of aromatic carboxylic acids is 1. The Labute approximate surface area is 134 Å². The van der Waals surface area contributed by atoms with Crippen molar-refractivity contribution in [1.29, 1.82) is 0 Å². The molecule has 7 nitrogen and oxygen atoms in total. The summed E-state index contributed by atoms with van der Waals surface area (Å²) in [4.78, 5) is 16.0. The molecule has 22 heavy (non-hydrogen) atoms. The Morgan fingerprint density at radius 3 is 2.73 bits per heavy atom. The molecule has 1 aromatic carbocycles. The van der Waals surface area contributed by atoms with Gasteiger partial charge in [0, 0.05) is 20.9 Å². The first-order valence-electron chi connectivity index (χ1n) is 6.63. The SMILES string of the molecule is CN1C(N)=[N+](C)C(c2c(C(=O)O)[nH]c3ccc(Br)cc23)C1O. The van der Waals surface area contributed by atoms with E-state index in [0.717, 1.165) is 9.86 Å². The van der Waals surface area contributed by atoms with Gasteiger partial charge >= 0.3 is 11.9 Å². The quantitative estimate of drug-likeness (QED) is 0.590. The highest BCUT2D eigenvalue weighted by Gasteiger charge is 2.44. The van der Waals surface area contributed by atoms with E-state index in [4.69, 9.17) is 5.73 Å². The number of likely N-dealkylation sites (N-methyl/N-ethyl adjacent to an activating group) is 2. The molecular weight excluding hydrogens is 352 g/mol. The summed E-state index contributed by atoms with van der Waals surface area (Å²) in [5.41, 5.74) is 7.23. The maximum absolute atomic E-state index is 11.6. The van der Waals surface area contributed by atoms with Gasteiger partial charge in [-0.25, -0.2) is 9.69 Å². The summed E-state index contributed by atoms with van der Waals surface area (Å²) >= 11 is 3.40. The standard InChI is InChI=1S/C14H15BrN4O3/c1-18-11(12(20)19(2)14(18)16)9-7-5-6(15)3-4-8(7)17-10(9)13(21)22/h3-5,11-12,16-17,20H,1-2H3,(H,21,22)/p+1. The minimum atomic E-state index is -1.07. The van der Waals surface area contributed by atoms with Gasteiger partial charge in [-0.05, 0) is 18.2 Å². The number of aromatic amines is 1. The molecule has 0 saturated carbocycles. The Morgan fingerprint density at radius 1 is 1.50 bits per heavy atom. The number of carboxylic acids is 1. The normalized spacial score (nSPS) is 21.9. The summed E-state index contributed by atoms with van der Waals surface area (Å²) in [6.45, 7) is 0. The van der Waals surface area contributed by atoms with Gasteiger partial charge in [-0.2, -0.15) is 0 Å². The molecule has 0 aliphatic carbocycles.